The molecule has 1 heterocycles. The largest absolute Gasteiger partial charge is 0.302 e. The second-order valence-electron chi connectivity index (χ2n) is 3.39. The molecule has 0 spiro atoms. The lowest BCUT2D eigenvalue weighted by Crippen LogP contribution is -2.27. The molecule has 0 aromatic carbocycles. The Morgan fingerprint density at radius 1 is 1.53 bits per heavy atom. The number of rotatable bonds is 2. The molecule has 1 fully saturated rings. The van der Waals surface area contributed by atoms with Gasteiger partial charge in [0, 0.05) is 17.0 Å². The average molecular weight is 226 g/mol. The Morgan fingerprint density at radius 2 is 2.20 bits per heavy atom. The highest BCUT2D eigenvalue weighted by molar-refractivity contribution is 7.15. The topological polar surface area (TPSA) is 42.0 Å². The van der Waals surface area contributed by atoms with Crippen LogP contribution in [0.5, 0.6) is 0 Å². The SMILES string of the molecule is CC.Cc1cnc(NC(=O)C2CCC2)s1. The molecular formula is C11H18N2OS. The van der Waals surface area contributed by atoms with Gasteiger partial charge in [0.15, 0.2) is 5.13 Å². The molecule has 1 aromatic heterocycles. The van der Waals surface area contributed by atoms with Gasteiger partial charge in [0.1, 0.15) is 0 Å². The van der Waals surface area contributed by atoms with Crippen LogP contribution in [0.4, 0.5) is 5.13 Å². The van der Waals surface area contributed by atoms with Gasteiger partial charge in [0.25, 0.3) is 0 Å². The number of amides is 1. The van der Waals surface area contributed by atoms with Gasteiger partial charge in [-0.3, -0.25) is 4.79 Å². The summed E-state index contributed by atoms with van der Waals surface area (Å²) in [6.45, 7) is 5.98. The normalized spacial score (nSPS) is 14.9. The number of carbonyl (C=O) groups excluding carboxylic acids is 1. The molecule has 84 valence electrons. The molecule has 0 radical (unpaired) electrons. The zero-order valence-corrected chi connectivity index (χ0v) is 10.4. The van der Waals surface area contributed by atoms with Gasteiger partial charge < -0.3 is 5.32 Å². The van der Waals surface area contributed by atoms with E-state index in [0.717, 1.165) is 22.9 Å². The van der Waals surface area contributed by atoms with E-state index in [0.29, 0.717) is 0 Å². The molecule has 1 aromatic rings. The van der Waals surface area contributed by atoms with Gasteiger partial charge in [0.2, 0.25) is 5.91 Å². The van der Waals surface area contributed by atoms with E-state index in [1.54, 1.807) is 6.20 Å². The van der Waals surface area contributed by atoms with Gasteiger partial charge >= 0.3 is 0 Å². The van der Waals surface area contributed by atoms with Crippen molar-refractivity contribution < 1.29 is 4.79 Å². The molecule has 1 amide bonds. The lowest BCUT2D eigenvalue weighted by Gasteiger charge is -2.23. The van der Waals surface area contributed by atoms with E-state index >= 15 is 0 Å². The fourth-order valence-electron chi connectivity index (χ4n) is 1.29. The third kappa shape index (κ3) is 3.30. The first-order valence-corrected chi connectivity index (χ1v) is 6.30. The Balaban J connectivity index is 0.000000531. The standard InChI is InChI=1S/C9H12N2OS.C2H6/c1-6-5-10-9(13-6)11-8(12)7-3-2-4-7;1-2/h5,7H,2-4H2,1H3,(H,10,11,12);1-2H3. The van der Waals surface area contributed by atoms with Crippen LogP contribution in [-0.4, -0.2) is 10.9 Å². The molecule has 4 heteroatoms. The Bertz CT molecular complexity index is 318. The Morgan fingerprint density at radius 3 is 2.60 bits per heavy atom. The van der Waals surface area contributed by atoms with E-state index in [-0.39, 0.29) is 11.8 Å². The lowest BCUT2D eigenvalue weighted by atomic mass is 9.85. The highest BCUT2D eigenvalue weighted by Gasteiger charge is 2.25. The van der Waals surface area contributed by atoms with E-state index in [9.17, 15) is 4.79 Å². The second-order valence-corrected chi connectivity index (χ2v) is 4.63. The summed E-state index contributed by atoms with van der Waals surface area (Å²) in [6.07, 6.45) is 5.04. The van der Waals surface area contributed by atoms with Crippen LogP contribution in [-0.2, 0) is 4.79 Å². The Hall–Kier alpha value is -0.900. The quantitative estimate of drug-likeness (QED) is 0.841. The highest BCUT2D eigenvalue weighted by atomic mass is 32.1. The van der Waals surface area contributed by atoms with Crippen LogP contribution in [0.2, 0.25) is 0 Å². The number of aromatic nitrogens is 1. The maximum Gasteiger partial charge on any atom is 0.229 e. The molecular weight excluding hydrogens is 208 g/mol. The van der Waals surface area contributed by atoms with Crippen molar-refractivity contribution in [3.05, 3.63) is 11.1 Å². The van der Waals surface area contributed by atoms with Crippen LogP contribution in [0.3, 0.4) is 0 Å². The van der Waals surface area contributed by atoms with Crippen molar-refractivity contribution in [2.45, 2.75) is 40.0 Å². The molecule has 3 nitrogen and oxygen atoms in total. The monoisotopic (exact) mass is 226 g/mol. The van der Waals surface area contributed by atoms with Gasteiger partial charge in [-0.1, -0.05) is 20.3 Å². The Kier molecular flexibility index (Phi) is 4.75. The van der Waals surface area contributed by atoms with E-state index in [4.69, 9.17) is 0 Å². The van der Waals surface area contributed by atoms with Gasteiger partial charge in [-0.25, -0.2) is 4.98 Å². The van der Waals surface area contributed by atoms with Crippen LogP contribution in [0.15, 0.2) is 6.20 Å². The van der Waals surface area contributed by atoms with Crippen LogP contribution in [0.1, 0.15) is 38.0 Å². The first kappa shape index (κ1) is 12.2. The summed E-state index contributed by atoms with van der Waals surface area (Å²) in [5.41, 5.74) is 0. The third-order valence-corrected chi connectivity index (χ3v) is 3.16. The molecule has 0 saturated heterocycles. The van der Waals surface area contributed by atoms with Crippen molar-refractivity contribution in [1.29, 1.82) is 0 Å². The zero-order chi connectivity index (χ0) is 11.3. The first-order valence-electron chi connectivity index (χ1n) is 5.49. The molecule has 2 rings (SSSR count). The van der Waals surface area contributed by atoms with Crippen LogP contribution in [0.25, 0.3) is 0 Å². The van der Waals surface area contributed by atoms with Crippen LogP contribution >= 0.6 is 11.3 Å². The van der Waals surface area contributed by atoms with Gasteiger partial charge in [-0.15, -0.1) is 11.3 Å². The van der Waals surface area contributed by atoms with E-state index < -0.39 is 0 Å². The van der Waals surface area contributed by atoms with E-state index in [1.807, 2.05) is 20.8 Å². The molecule has 1 saturated carbocycles. The van der Waals surface area contributed by atoms with Crippen molar-refractivity contribution in [3.63, 3.8) is 0 Å². The van der Waals surface area contributed by atoms with Gasteiger partial charge in [-0.2, -0.15) is 0 Å². The fourth-order valence-corrected chi connectivity index (χ4v) is 1.96. The molecule has 0 bridgehead atoms. The number of anilines is 1. The smallest absolute Gasteiger partial charge is 0.229 e. The summed E-state index contributed by atoms with van der Waals surface area (Å²) in [5.74, 6) is 0.379. The molecule has 1 aliphatic rings. The highest BCUT2D eigenvalue weighted by Crippen LogP contribution is 2.28. The maximum absolute atomic E-state index is 11.5. The molecule has 0 unspecified atom stereocenters. The number of nitrogens with zero attached hydrogens (tertiary/aromatic N) is 1. The van der Waals surface area contributed by atoms with Crippen molar-refractivity contribution in [3.8, 4) is 0 Å². The lowest BCUT2D eigenvalue weighted by molar-refractivity contribution is -0.122. The average Bonchev–Trinajstić information content (AvgIpc) is 2.51. The molecule has 0 atom stereocenters. The number of carbonyl (C=O) groups is 1. The summed E-state index contributed by atoms with van der Waals surface area (Å²) in [6, 6.07) is 0. The molecule has 1 N–H and O–H groups in total. The summed E-state index contributed by atoms with van der Waals surface area (Å²) in [4.78, 5) is 16.7. The summed E-state index contributed by atoms with van der Waals surface area (Å²) in [7, 11) is 0. The minimum absolute atomic E-state index is 0.139. The van der Waals surface area contributed by atoms with Crippen LogP contribution < -0.4 is 5.32 Å². The summed E-state index contributed by atoms with van der Waals surface area (Å²) >= 11 is 1.52. The zero-order valence-electron chi connectivity index (χ0n) is 9.54. The number of aryl methyl sites for hydroxylation is 1. The van der Waals surface area contributed by atoms with Crippen molar-refractivity contribution in [2.75, 3.05) is 5.32 Å². The number of hydrogen-bond donors (Lipinski definition) is 1. The number of hydrogen-bond acceptors (Lipinski definition) is 3. The fraction of sp³-hybridized carbons (Fsp3) is 0.636. The number of nitrogens with one attached hydrogen (secondary N) is 1. The Labute approximate surface area is 94.9 Å². The van der Waals surface area contributed by atoms with E-state index in [1.165, 1.54) is 17.8 Å². The summed E-state index contributed by atoms with van der Waals surface area (Å²) in [5, 5.41) is 3.56. The van der Waals surface area contributed by atoms with E-state index in [2.05, 4.69) is 10.3 Å². The van der Waals surface area contributed by atoms with Crippen molar-refractivity contribution in [2.24, 2.45) is 5.92 Å². The van der Waals surface area contributed by atoms with Crippen molar-refractivity contribution >= 4 is 22.4 Å². The third-order valence-electron chi connectivity index (χ3n) is 2.33. The molecule has 15 heavy (non-hydrogen) atoms. The van der Waals surface area contributed by atoms with Gasteiger partial charge in [0.05, 0.1) is 0 Å². The second kappa shape index (κ2) is 5.85. The minimum Gasteiger partial charge on any atom is -0.302 e. The maximum atomic E-state index is 11.5. The van der Waals surface area contributed by atoms with Gasteiger partial charge in [-0.05, 0) is 19.8 Å². The van der Waals surface area contributed by atoms with Crippen molar-refractivity contribution in [1.82, 2.24) is 4.98 Å². The van der Waals surface area contributed by atoms with Crippen LogP contribution in [0, 0.1) is 12.8 Å². The molecule has 0 aliphatic heterocycles. The molecule has 1 aliphatic carbocycles. The minimum atomic E-state index is 0.139. The predicted octanol–water partition coefficient (Wildman–Crippen LogP) is 3.22. The number of thiazole rings is 1. The predicted molar refractivity (Wildman–Crippen MR) is 64.2 cm³/mol. The first-order chi connectivity index (χ1) is 7.25. The summed E-state index contributed by atoms with van der Waals surface area (Å²) < 4.78 is 0.